The second-order valence-corrected chi connectivity index (χ2v) is 1.34. The third-order valence-electron chi connectivity index (χ3n) is 0. The maximum Gasteiger partial charge on any atom is 0.394 e. The van der Waals surface area contributed by atoms with Gasteiger partial charge in [-0.1, -0.05) is 0 Å². The summed E-state index contributed by atoms with van der Waals surface area (Å²) in [5.41, 5.74) is 0. The van der Waals surface area contributed by atoms with Crippen LogP contribution < -0.4 is 0 Å². The van der Waals surface area contributed by atoms with Crippen LogP contribution in [-0.2, 0) is 10.4 Å². The van der Waals surface area contributed by atoms with E-state index in [0.29, 0.717) is 0 Å². The minimum Gasteiger partial charge on any atom is -0.412 e. The Bertz CT molecular complexity index is 91.2. The molecule has 0 heterocycles. The van der Waals surface area contributed by atoms with Crippen LogP contribution in [0.4, 0.5) is 0 Å². The molecule has 0 bridgehead atoms. The summed E-state index contributed by atoms with van der Waals surface area (Å²) in [5.74, 6) is 0. The van der Waals surface area contributed by atoms with Crippen LogP contribution in [0.15, 0.2) is 0 Å². The van der Waals surface area contributed by atoms with Gasteiger partial charge in [-0.25, -0.2) is 0 Å². The molecule has 0 aromatic rings. The maximum absolute atomic E-state index is 8.74. The van der Waals surface area contributed by atoms with Crippen LogP contribution in [0.3, 0.4) is 0 Å². The van der Waals surface area contributed by atoms with Crippen molar-refractivity contribution in [2.24, 2.45) is 0 Å². The van der Waals surface area contributed by atoms with Gasteiger partial charge >= 0.3 is 10.4 Å². The first-order valence-corrected chi connectivity index (χ1v) is 2.10. The minimum absolute atomic E-state index is 0. The fourth-order valence-corrected chi connectivity index (χ4v) is 0. The molecule has 0 aliphatic rings. The summed E-state index contributed by atoms with van der Waals surface area (Å²) in [7, 11) is -4.67. The van der Waals surface area contributed by atoms with E-state index < -0.39 is 10.4 Å². The summed E-state index contributed by atoms with van der Waals surface area (Å²) in [6.07, 6.45) is 0. The van der Waals surface area contributed by atoms with E-state index in [2.05, 4.69) is 0 Å². The molecule has 0 atom stereocenters. The van der Waals surface area contributed by atoms with E-state index >= 15 is 0 Å². The first kappa shape index (κ1) is 15.7. The Hall–Kier alpha value is 1.17. The van der Waals surface area contributed by atoms with Crippen molar-refractivity contribution in [1.82, 2.24) is 0 Å². The van der Waals surface area contributed by atoms with E-state index in [9.17, 15) is 0 Å². The van der Waals surface area contributed by atoms with Crippen LogP contribution in [0.25, 0.3) is 0 Å². The smallest absolute Gasteiger partial charge is 0.394 e. The average molecular weight is 266 g/mol. The Morgan fingerprint density at radius 1 is 1.14 bits per heavy atom. The molecule has 4 N–H and O–H groups in total. The summed E-state index contributed by atoms with van der Waals surface area (Å²) < 4.78 is 31.6. The summed E-state index contributed by atoms with van der Waals surface area (Å²) >= 11 is 0. The molecule has 7 heavy (non-hydrogen) atoms. The summed E-state index contributed by atoms with van der Waals surface area (Å²) in [6, 6.07) is 0. The third kappa shape index (κ3) is 140. The molecule has 0 saturated carbocycles. The molecule has 0 aliphatic carbocycles. The number of rotatable bonds is 0. The molecule has 5 nitrogen and oxygen atoms in total. The van der Waals surface area contributed by atoms with Crippen LogP contribution in [0.1, 0.15) is 0 Å². The Morgan fingerprint density at radius 2 is 1.14 bits per heavy atom. The van der Waals surface area contributed by atoms with Crippen molar-refractivity contribution in [3.05, 3.63) is 0 Å². The van der Waals surface area contributed by atoms with E-state index in [1.807, 2.05) is 0 Å². The monoisotopic (exact) mass is 268 g/mol. The van der Waals surface area contributed by atoms with Crippen LogP contribution in [0, 0.1) is 40.4 Å². The molecule has 0 amide bonds. The van der Waals surface area contributed by atoms with Gasteiger partial charge in [-0.2, -0.15) is 8.42 Å². The summed E-state index contributed by atoms with van der Waals surface area (Å²) in [6.45, 7) is 0. The van der Waals surface area contributed by atoms with Gasteiger partial charge in [0.2, 0.25) is 0 Å². The first-order valence-electron chi connectivity index (χ1n) is 0.698. The standard InChI is InChI=1S/H2O4S.H2O.Sm/c1-5(2,3)4;;/h(H2,1,2,3,4);1H2;. The molecule has 0 aliphatic heterocycles. The summed E-state index contributed by atoms with van der Waals surface area (Å²) in [5, 5.41) is 0. The van der Waals surface area contributed by atoms with E-state index in [-0.39, 0.29) is 45.9 Å². The molecular formula is H4O5SSm. The quantitative estimate of drug-likeness (QED) is 0.522. The fraction of sp³-hybridized carbons (Fsp3) is 0. The van der Waals surface area contributed by atoms with Gasteiger partial charge in [-0.3, -0.25) is 9.11 Å². The Kier molecular flexibility index (Phi) is 11.9. The van der Waals surface area contributed by atoms with Crippen molar-refractivity contribution in [3.8, 4) is 0 Å². The Morgan fingerprint density at radius 3 is 1.14 bits per heavy atom. The van der Waals surface area contributed by atoms with E-state index in [1.54, 1.807) is 0 Å². The molecule has 0 radical (unpaired) electrons. The Labute approximate surface area is 73.1 Å². The molecule has 0 aromatic carbocycles. The van der Waals surface area contributed by atoms with Crippen LogP contribution in [0.2, 0.25) is 0 Å². The van der Waals surface area contributed by atoms with Gasteiger partial charge in [0.1, 0.15) is 0 Å². The SMILES string of the molecule is O.O=S(=O)(O)O.[Sm]. The van der Waals surface area contributed by atoms with Crippen molar-refractivity contribution in [2.75, 3.05) is 0 Å². The minimum atomic E-state index is -4.67. The zero-order chi connectivity index (χ0) is 4.50. The van der Waals surface area contributed by atoms with Crippen molar-refractivity contribution in [3.63, 3.8) is 0 Å². The molecular weight excluding hydrogens is 262 g/mol. The van der Waals surface area contributed by atoms with Gasteiger partial charge in [0, 0.05) is 40.4 Å². The normalized spacial score (nSPS) is 8.29. The maximum atomic E-state index is 8.74. The third-order valence-corrected chi connectivity index (χ3v) is 0. The topological polar surface area (TPSA) is 106 Å². The fourth-order valence-electron chi connectivity index (χ4n) is 0. The van der Waals surface area contributed by atoms with Crippen molar-refractivity contribution in [2.45, 2.75) is 0 Å². The van der Waals surface area contributed by atoms with Crippen LogP contribution in [-0.4, -0.2) is 23.0 Å². The van der Waals surface area contributed by atoms with Gasteiger partial charge in [0.25, 0.3) is 0 Å². The van der Waals surface area contributed by atoms with Gasteiger partial charge in [-0.05, 0) is 0 Å². The average Bonchev–Trinajstić information content (AvgIpc) is 0.722. The van der Waals surface area contributed by atoms with E-state index in [1.165, 1.54) is 0 Å². The zero-order valence-electron chi connectivity index (χ0n) is 3.03. The molecule has 46 valence electrons. The summed E-state index contributed by atoms with van der Waals surface area (Å²) in [4.78, 5) is 0. The number of hydrogen-bond donors (Lipinski definition) is 2. The molecule has 0 unspecified atom stereocenters. The molecule has 0 fully saturated rings. The van der Waals surface area contributed by atoms with Crippen molar-refractivity contribution >= 4 is 10.4 Å². The second-order valence-electron chi connectivity index (χ2n) is 0.448. The Balaban J connectivity index is -0.0000000800. The number of hydrogen-bond acceptors (Lipinski definition) is 2. The van der Waals surface area contributed by atoms with Gasteiger partial charge in [-0.15, -0.1) is 0 Å². The molecule has 7 heteroatoms. The molecule has 0 saturated heterocycles. The molecule has 0 spiro atoms. The largest absolute Gasteiger partial charge is 0.412 e. The van der Waals surface area contributed by atoms with Crippen LogP contribution >= 0.6 is 0 Å². The van der Waals surface area contributed by atoms with Gasteiger partial charge in [0.05, 0.1) is 0 Å². The first-order chi connectivity index (χ1) is 2.00. The zero-order valence-corrected chi connectivity index (χ0v) is 6.46. The van der Waals surface area contributed by atoms with Crippen molar-refractivity contribution < 1.29 is 63.4 Å². The molecule has 0 rings (SSSR count). The predicted octanol–water partition coefficient (Wildman–Crippen LogP) is -1.48. The van der Waals surface area contributed by atoms with Crippen molar-refractivity contribution in [1.29, 1.82) is 0 Å². The van der Waals surface area contributed by atoms with E-state index in [4.69, 9.17) is 17.5 Å². The molecule has 0 aromatic heterocycles. The second kappa shape index (κ2) is 5.31. The van der Waals surface area contributed by atoms with Crippen LogP contribution in [0.5, 0.6) is 0 Å². The van der Waals surface area contributed by atoms with Gasteiger partial charge < -0.3 is 5.48 Å². The predicted molar refractivity (Wildman–Crippen MR) is 17.8 cm³/mol. The van der Waals surface area contributed by atoms with E-state index in [0.717, 1.165) is 0 Å². The van der Waals surface area contributed by atoms with Gasteiger partial charge in [0.15, 0.2) is 0 Å².